The summed E-state index contributed by atoms with van der Waals surface area (Å²) in [6.45, 7) is 10.7. The lowest BCUT2D eigenvalue weighted by atomic mass is 9.85. The molecule has 2 fully saturated rings. The molecule has 3 N–H and O–H groups in total. The van der Waals surface area contributed by atoms with Crippen molar-refractivity contribution in [2.24, 2.45) is 11.3 Å². The van der Waals surface area contributed by atoms with E-state index < -0.39 is 27.5 Å². The molecule has 0 bridgehead atoms. The van der Waals surface area contributed by atoms with E-state index in [2.05, 4.69) is 21.0 Å². The summed E-state index contributed by atoms with van der Waals surface area (Å²) >= 11 is 0. The van der Waals surface area contributed by atoms with Gasteiger partial charge in [0.15, 0.2) is 0 Å². The van der Waals surface area contributed by atoms with Crippen molar-refractivity contribution in [1.82, 2.24) is 29.6 Å². The van der Waals surface area contributed by atoms with Crippen LogP contribution in [0.4, 0.5) is 5.82 Å². The van der Waals surface area contributed by atoms with Crippen molar-refractivity contribution in [3.8, 4) is 5.69 Å². The highest BCUT2D eigenvalue weighted by Gasteiger charge is 2.54. The van der Waals surface area contributed by atoms with Gasteiger partial charge in [0, 0.05) is 37.7 Å². The molecule has 4 rings (SSSR count). The van der Waals surface area contributed by atoms with E-state index >= 15 is 0 Å². The number of aryl methyl sites for hydroxylation is 1. The molecule has 2 aliphatic heterocycles. The Kier molecular flexibility index (Phi) is 8.63. The minimum atomic E-state index is -3.48. The van der Waals surface area contributed by atoms with E-state index in [1.807, 2.05) is 73.7 Å². The molecule has 40 heavy (non-hydrogen) atoms. The second-order valence-corrected chi connectivity index (χ2v) is 14.0. The van der Waals surface area contributed by atoms with Crippen molar-refractivity contribution in [1.29, 1.82) is 0 Å². The molecule has 3 heterocycles. The van der Waals surface area contributed by atoms with Gasteiger partial charge in [-0.1, -0.05) is 39.0 Å². The Morgan fingerprint density at radius 1 is 1.18 bits per heavy atom. The highest BCUT2D eigenvalue weighted by molar-refractivity contribution is 7.88. The first-order valence-corrected chi connectivity index (χ1v) is 15.7. The lowest BCUT2D eigenvalue weighted by molar-refractivity contribution is -0.141. The molecular formula is C28H43N7O4S. The molecule has 2 amide bonds. The largest absolute Gasteiger partial charge is 0.370 e. The van der Waals surface area contributed by atoms with Crippen molar-refractivity contribution in [2.75, 3.05) is 38.3 Å². The van der Waals surface area contributed by atoms with Crippen molar-refractivity contribution in [3.63, 3.8) is 0 Å². The van der Waals surface area contributed by atoms with E-state index in [1.165, 1.54) is 6.26 Å². The SMILES string of the molecule is CNC(C)C(=O)NC(C(=O)N1CCC2C1C(CNc1cc(C)nn1-c1ccccc1)CN2S(C)(=O)=O)C(C)(C)C. The van der Waals surface area contributed by atoms with E-state index in [4.69, 9.17) is 0 Å². The van der Waals surface area contributed by atoms with Gasteiger partial charge in [0.05, 0.1) is 29.7 Å². The second kappa shape index (κ2) is 11.5. The molecule has 11 nitrogen and oxygen atoms in total. The molecular weight excluding hydrogens is 530 g/mol. The average Bonchev–Trinajstić information content (AvgIpc) is 3.58. The first-order chi connectivity index (χ1) is 18.7. The number of aromatic nitrogens is 2. The van der Waals surface area contributed by atoms with Crippen LogP contribution in [0.25, 0.3) is 5.69 Å². The number of hydrogen-bond acceptors (Lipinski definition) is 7. The normalized spacial score (nSPS) is 23.1. The number of carbonyl (C=O) groups is 2. The standard InChI is InChI=1S/C28H43N7O4S/c1-18-15-23(35(32-18)21-11-9-8-10-12-21)30-16-20-17-34(40(7,38)39)22-13-14-33(24(20)22)27(37)25(28(3,4)5)31-26(36)19(2)29-6/h8-12,15,19-20,22,24-25,29-30H,13-14,16-17H2,1-7H3,(H,31,36). The van der Waals surface area contributed by atoms with Crippen LogP contribution in [0.1, 0.15) is 39.8 Å². The van der Waals surface area contributed by atoms with Gasteiger partial charge >= 0.3 is 0 Å². The van der Waals surface area contributed by atoms with Gasteiger partial charge in [0.1, 0.15) is 11.9 Å². The van der Waals surface area contributed by atoms with Crippen LogP contribution in [0.15, 0.2) is 36.4 Å². The van der Waals surface area contributed by atoms with Gasteiger partial charge in [-0.2, -0.15) is 9.40 Å². The van der Waals surface area contributed by atoms with Crippen LogP contribution in [0.5, 0.6) is 0 Å². The molecule has 2 saturated heterocycles. The first kappa shape index (κ1) is 30.0. The highest BCUT2D eigenvalue weighted by Crippen LogP contribution is 2.38. The lowest BCUT2D eigenvalue weighted by Gasteiger charge is -2.37. The van der Waals surface area contributed by atoms with E-state index in [-0.39, 0.29) is 29.8 Å². The quantitative estimate of drug-likeness (QED) is 0.416. The number of hydrogen-bond donors (Lipinski definition) is 3. The Bertz CT molecular complexity index is 1320. The number of fused-ring (bicyclic) bond motifs is 1. The van der Waals surface area contributed by atoms with Gasteiger partial charge in [-0.15, -0.1) is 0 Å². The Balaban J connectivity index is 1.61. The molecule has 0 saturated carbocycles. The van der Waals surface area contributed by atoms with Crippen LogP contribution in [0.2, 0.25) is 0 Å². The number of nitrogens with one attached hydrogen (secondary N) is 3. The molecule has 0 spiro atoms. The third-order valence-electron chi connectivity index (χ3n) is 8.00. The van der Waals surface area contributed by atoms with E-state index in [9.17, 15) is 18.0 Å². The predicted octanol–water partition coefficient (Wildman–Crippen LogP) is 1.59. The van der Waals surface area contributed by atoms with Gasteiger partial charge in [-0.3, -0.25) is 9.59 Å². The first-order valence-electron chi connectivity index (χ1n) is 13.8. The predicted molar refractivity (Wildman–Crippen MR) is 156 cm³/mol. The summed E-state index contributed by atoms with van der Waals surface area (Å²) in [5, 5.41) is 14.0. The van der Waals surface area contributed by atoms with Crippen molar-refractivity contribution >= 4 is 27.7 Å². The zero-order valence-corrected chi connectivity index (χ0v) is 25.3. The highest BCUT2D eigenvalue weighted by atomic mass is 32.2. The fourth-order valence-corrected chi connectivity index (χ4v) is 7.00. The molecule has 5 unspecified atom stereocenters. The number of carbonyl (C=O) groups excluding carboxylic acids is 2. The molecule has 5 atom stereocenters. The minimum absolute atomic E-state index is 0.154. The van der Waals surface area contributed by atoms with Gasteiger partial charge in [-0.05, 0) is 44.9 Å². The fourth-order valence-electron chi connectivity index (χ4n) is 5.82. The number of likely N-dealkylation sites (tertiary alicyclic amines) is 1. The van der Waals surface area contributed by atoms with Crippen LogP contribution in [0, 0.1) is 18.3 Å². The Labute approximate surface area is 237 Å². The van der Waals surface area contributed by atoms with Crippen LogP contribution in [0.3, 0.4) is 0 Å². The van der Waals surface area contributed by atoms with Gasteiger partial charge in [0.2, 0.25) is 21.8 Å². The maximum Gasteiger partial charge on any atom is 0.246 e. The molecule has 1 aromatic carbocycles. The molecule has 2 aromatic rings. The van der Waals surface area contributed by atoms with Gasteiger partial charge in [0.25, 0.3) is 0 Å². The maximum absolute atomic E-state index is 14.1. The molecule has 220 valence electrons. The zero-order valence-electron chi connectivity index (χ0n) is 24.5. The number of benzene rings is 1. The zero-order chi connectivity index (χ0) is 29.4. The van der Waals surface area contributed by atoms with E-state index in [0.717, 1.165) is 17.2 Å². The summed E-state index contributed by atoms with van der Waals surface area (Å²) < 4.78 is 29.0. The number of rotatable bonds is 9. The Hall–Kier alpha value is -2.96. The fraction of sp³-hybridized carbons (Fsp3) is 0.607. The Morgan fingerprint density at radius 3 is 2.45 bits per heavy atom. The maximum atomic E-state index is 14.1. The summed E-state index contributed by atoms with van der Waals surface area (Å²) in [6.07, 6.45) is 1.79. The monoisotopic (exact) mass is 573 g/mol. The average molecular weight is 574 g/mol. The number of nitrogens with zero attached hydrogens (tertiary/aromatic N) is 4. The van der Waals surface area contributed by atoms with Crippen molar-refractivity contribution in [3.05, 3.63) is 42.1 Å². The smallest absolute Gasteiger partial charge is 0.246 e. The van der Waals surface area contributed by atoms with E-state index in [0.29, 0.717) is 26.1 Å². The molecule has 2 aliphatic rings. The van der Waals surface area contributed by atoms with Gasteiger partial charge in [-0.25, -0.2) is 13.1 Å². The van der Waals surface area contributed by atoms with Crippen LogP contribution < -0.4 is 16.0 Å². The second-order valence-electron chi connectivity index (χ2n) is 12.1. The number of amides is 2. The third-order valence-corrected chi connectivity index (χ3v) is 9.27. The number of anilines is 1. The molecule has 0 aliphatic carbocycles. The summed E-state index contributed by atoms with van der Waals surface area (Å²) in [7, 11) is -1.78. The molecule has 12 heteroatoms. The summed E-state index contributed by atoms with van der Waals surface area (Å²) in [6, 6.07) is 9.93. The van der Waals surface area contributed by atoms with Crippen molar-refractivity contribution < 1.29 is 18.0 Å². The van der Waals surface area contributed by atoms with Crippen LogP contribution in [-0.4, -0.2) is 96.3 Å². The third kappa shape index (κ3) is 6.18. The molecule has 0 radical (unpaired) electrons. The number of sulfonamides is 1. The molecule has 1 aromatic heterocycles. The minimum Gasteiger partial charge on any atom is -0.370 e. The van der Waals surface area contributed by atoms with Crippen LogP contribution >= 0.6 is 0 Å². The number of likely N-dealkylation sites (N-methyl/N-ethyl adjacent to an activating group) is 1. The van der Waals surface area contributed by atoms with Gasteiger partial charge < -0.3 is 20.9 Å². The van der Waals surface area contributed by atoms with Crippen LogP contribution in [-0.2, 0) is 19.6 Å². The Morgan fingerprint density at radius 2 is 1.85 bits per heavy atom. The summed E-state index contributed by atoms with van der Waals surface area (Å²) in [5.41, 5.74) is 1.23. The summed E-state index contributed by atoms with van der Waals surface area (Å²) in [5.74, 6) is 0.216. The van der Waals surface area contributed by atoms with Crippen molar-refractivity contribution in [2.45, 2.75) is 65.2 Å². The summed E-state index contributed by atoms with van der Waals surface area (Å²) in [4.78, 5) is 28.7. The lowest BCUT2D eigenvalue weighted by Crippen LogP contribution is -2.59. The number of para-hydroxylation sites is 1. The topological polar surface area (TPSA) is 129 Å². The van der Waals surface area contributed by atoms with E-state index in [1.54, 1.807) is 18.3 Å².